The summed E-state index contributed by atoms with van der Waals surface area (Å²) in [4.78, 5) is 20.9. The van der Waals surface area contributed by atoms with E-state index in [1.807, 2.05) is 11.9 Å². The van der Waals surface area contributed by atoms with Crippen LogP contribution in [0.15, 0.2) is 29.3 Å². The second-order valence-corrected chi connectivity index (χ2v) is 8.64. The van der Waals surface area contributed by atoms with Crippen LogP contribution in [0, 0.1) is 5.92 Å². The summed E-state index contributed by atoms with van der Waals surface area (Å²) >= 11 is 0. The molecular formula is C24H39IN4O2. The minimum Gasteiger partial charge on any atom is -0.378 e. The number of rotatable bonds is 9. The Kier molecular flexibility index (Phi) is 10.6. The zero-order chi connectivity index (χ0) is 21.5. The Morgan fingerprint density at radius 2 is 2.10 bits per heavy atom. The Hall–Kier alpha value is -1.35. The van der Waals surface area contributed by atoms with Crippen LogP contribution in [-0.4, -0.2) is 62.7 Å². The molecule has 1 fully saturated rings. The summed E-state index contributed by atoms with van der Waals surface area (Å²) in [5.74, 6) is 2.14. The third-order valence-electron chi connectivity index (χ3n) is 6.29. The number of nitrogens with zero attached hydrogens (tertiary/aromatic N) is 3. The van der Waals surface area contributed by atoms with E-state index in [0.29, 0.717) is 24.2 Å². The molecule has 2 aliphatic heterocycles. The summed E-state index contributed by atoms with van der Waals surface area (Å²) < 4.78 is 5.88. The standard InChI is InChI=1S/C24H38N4O2.HI/c1-5-30-22(18(2)3)12-14-26-24(25-4)28-17-19(20-9-6-7-10-21(20)28)13-16-27-15-8-11-23(27)29;/h6-7,9-10,18-19,22H,5,8,11-17H2,1-4H3,(H,25,26);1H. The molecule has 1 saturated heterocycles. The van der Waals surface area contributed by atoms with E-state index < -0.39 is 0 Å². The SMILES string of the molecule is CCOC(CCNC(=NC)N1CC(CCN2CCCC2=O)c2ccccc21)C(C)C.I. The number of fused-ring (bicyclic) bond motifs is 1. The van der Waals surface area contributed by atoms with Crippen molar-refractivity contribution in [1.82, 2.24) is 10.2 Å². The largest absolute Gasteiger partial charge is 0.378 e. The molecule has 0 aromatic heterocycles. The molecule has 2 atom stereocenters. The van der Waals surface area contributed by atoms with Gasteiger partial charge in [0.15, 0.2) is 5.96 Å². The van der Waals surface area contributed by atoms with Gasteiger partial charge in [0, 0.05) is 57.9 Å². The summed E-state index contributed by atoms with van der Waals surface area (Å²) in [7, 11) is 1.85. The van der Waals surface area contributed by atoms with Crippen molar-refractivity contribution in [2.45, 2.75) is 58.5 Å². The number of carbonyl (C=O) groups excluding carboxylic acids is 1. The molecule has 1 N–H and O–H groups in total. The molecular weight excluding hydrogens is 503 g/mol. The second kappa shape index (κ2) is 12.6. The molecule has 1 amide bonds. The molecule has 3 rings (SSSR count). The number of guanidine groups is 1. The number of para-hydroxylation sites is 1. The quantitative estimate of drug-likeness (QED) is 0.288. The fourth-order valence-corrected chi connectivity index (χ4v) is 4.64. The highest BCUT2D eigenvalue weighted by molar-refractivity contribution is 14.0. The monoisotopic (exact) mass is 542 g/mol. The number of aliphatic imine (C=N–C) groups is 1. The zero-order valence-electron chi connectivity index (χ0n) is 19.5. The van der Waals surface area contributed by atoms with Gasteiger partial charge in [-0.2, -0.15) is 0 Å². The van der Waals surface area contributed by atoms with Crippen LogP contribution in [0.3, 0.4) is 0 Å². The fourth-order valence-electron chi connectivity index (χ4n) is 4.64. The first-order valence-corrected chi connectivity index (χ1v) is 11.5. The van der Waals surface area contributed by atoms with Crippen LogP contribution in [-0.2, 0) is 9.53 Å². The van der Waals surface area contributed by atoms with Gasteiger partial charge in [-0.05, 0) is 43.7 Å². The average molecular weight is 543 g/mol. The van der Waals surface area contributed by atoms with Gasteiger partial charge in [0.05, 0.1) is 6.10 Å². The number of halogens is 1. The lowest BCUT2D eigenvalue weighted by Crippen LogP contribution is -2.42. The minimum absolute atomic E-state index is 0. The molecule has 0 saturated carbocycles. The van der Waals surface area contributed by atoms with E-state index >= 15 is 0 Å². The number of likely N-dealkylation sites (tertiary alicyclic amines) is 1. The smallest absolute Gasteiger partial charge is 0.222 e. The van der Waals surface area contributed by atoms with Gasteiger partial charge in [0.25, 0.3) is 0 Å². The topological polar surface area (TPSA) is 57.2 Å². The molecule has 2 aliphatic rings. The normalized spacial score (nSPS) is 19.6. The molecule has 1 aromatic carbocycles. The lowest BCUT2D eigenvalue weighted by molar-refractivity contribution is -0.127. The predicted molar refractivity (Wildman–Crippen MR) is 139 cm³/mol. The Labute approximate surface area is 204 Å². The van der Waals surface area contributed by atoms with E-state index in [1.54, 1.807) is 0 Å². The van der Waals surface area contributed by atoms with Gasteiger partial charge in [-0.25, -0.2) is 0 Å². The van der Waals surface area contributed by atoms with Gasteiger partial charge >= 0.3 is 0 Å². The first kappa shape index (κ1) is 25.9. The van der Waals surface area contributed by atoms with E-state index in [-0.39, 0.29) is 30.1 Å². The van der Waals surface area contributed by atoms with Crippen LogP contribution in [0.5, 0.6) is 0 Å². The van der Waals surface area contributed by atoms with Crippen LogP contribution in [0.25, 0.3) is 0 Å². The number of amides is 1. The van der Waals surface area contributed by atoms with Crippen LogP contribution in [0.2, 0.25) is 0 Å². The first-order chi connectivity index (χ1) is 14.5. The van der Waals surface area contributed by atoms with Crippen molar-refractivity contribution in [2.75, 3.05) is 44.7 Å². The van der Waals surface area contributed by atoms with Crippen LogP contribution in [0.4, 0.5) is 5.69 Å². The second-order valence-electron chi connectivity index (χ2n) is 8.64. The van der Waals surface area contributed by atoms with Crippen molar-refractivity contribution in [2.24, 2.45) is 10.9 Å². The molecule has 0 bridgehead atoms. The minimum atomic E-state index is 0. The highest BCUT2D eigenvalue weighted by atomic mass is 127. The maximum atomic E-state index is 12.0. The third-order valence-corrected chi connectivity index (χ3v) is 6.29. The van der Waals surface area contributed by atoms with Crippen LogP contribution in [0.1, 0.15) is 57.9 Å². The Morgan fingerprint density at radius 1 is 1.32 bits per heavy atom. The summed E-state index contributed by atoms with van der Waals surface area (Å²) in [6, 6.07) is 8.61. The third kappa shape index (κ3) is 6.57. The number of benzene rings is 1. The van der Waals surface area contributed by atoms with Gasteiger partial charge in [-0.1, -0.05) is 32.0 Å². The molecule has 2 heterocycles. The number of hydrogen-bond acceptors (Lipinski definition) is 3. The summed E-state index contributed by atoms with van der Waals surface area (Å²) in [6.07, 6.45) is 3.93. The summed E-state index contributed by atoms with van der Waals surface area (Å²) in [6.45, 7) is 10.7. The van der Waals surface area contributed by atoms with Gasteiger partial charge in [0.2, 0.25) is 5.91 Å². The predicted octanol–water partition coefficient (Wildman–Crippen LogP) is 4.25. The van der Waals surface area contributed by atoms with Gasteiger partial charge in [0.1, 0.15) is 0 Å². The van der Waals surface area contributed by atoms with Crippen molar-refractivity contribution < 1.29 is 9.53 Å². The number of anilines is 1. The van der Waals surface area contributed by atoms with Crippen LogP contribution >= 0.6 is 24.0 Å². The van der Waals surface area contributed by atoms with Crippen molar-refractivity contribution in [3.8, 4) is 0 Å². The molecule has 0 aliphatic carbocycles. The molecule has 174 valence electrons. The number of carbonyl (C=O) groups is 1. The van der Waals surface area contributed by atoms with E-state index in [2.05, 4.69) is 60.2 Å². The molecule has 0 spiro atoms. The molecule has 31 heavy (non-hydrogen) atoms. The van der Waals surface area contributed by atoms with Crippen molar-refractivity contribution in [1.29, 1.82) is 0 Å². The van der Waals surface area contributed by atoms with Crippen molar-refractivity contribution in [3.05, 3.63) is 29.8 Å². The van der Waals surface area contributed by atoms with Crippen molar-refractivity contribution in [3.63, 3.8) is 0 Å². The molecule has 7 heteroatoms. The van der Waals surface area contributed by atoms with Crippen molar-refractivity contribution >= 4 is 41.5 Å². The maximum Gasteiger partial charge on any atom is 0.222 e. The number of ether oxygens (including phenoxy) is 1. The lowest BCUT2D eigenvalue weighted by Gasteiger charge is -2.25. The van der Waals surface area contributed by atoms with Gasteiger partial charge < -0.3 is 19.9 Å². The highest BCUT2D eigenvalue weighted by Crippen LogP contribution is 2.38. The van der Waals surface area contributed by atoms with E-state index in [4.69, 9.17) is 4.74 Å². The Bertz CT molecular complexity index is 740. The van der Waals surface area contributed by atoms with E-state index in [0.717, 1.165) is 58.0 Å². The first-order valence-electron chi connectivity index (χ1n) is 11.5. The van der Waals surface area contributed by atoms with Crippen LogP contribution < -0.4 is 10.2 Å². The lowest BCUT2D eigenvalue weighted by atomic mass is 9.98. The summed E-state index contributed by atoms with van der Waals surface area (Å²) in [5.41, 5.74) is 2.59. The molecule has 0 radical (unpaired) electrons. The Balaban J connectivity index is 0.00000341. The zero-order valence-corrected chi connectivity index (χ0v) is 21.8. The Morgan fingerprint density at radius 3 is 2.74 bits per heavy atom. The van der Waals surface area contributed by atoms with E-state index in [1.165, 1.54) is 11.3 Å². The summed E-state index contributed by atoms with van der Waals surface area (Å²) in [5, 5.41) is 3.55. The molecule has 2 unspecified atom stereocenters. The van der Waals surface area contributed by atoms with Gasteiger partial charge in [-0.3, -0.25) is 9.79 Å². The average Bonchev–Trinajstić information content (AvgIpc) is 3.32. The molecule has 1 aromatic rings. The number of nitrogens with one attached hydrogen (secondary N) is 1. The maximum absolute atomic E-state index is 12.0. The van der Waals surface area contributed by atoms with Gasteiger partial charge in [-0.15, -0.1) is 24.0 Å². The van der Waals surface area contributed by atoms with E-state index in [9.17, 15) is 4.79 Å². The fraction of sp³-hybridized carbons (Fsp3) is 0.667. The highest BCUT2D eigenvalue weighted by Gasteiger charge is 2.32. The molecule has 6 nitrogen and oxygen atoms in total. The number of hydrogen-bond donors (Lipinski definition) is 1.